The highest BCUT2D eigenvalue weighted by molar-refractivity contribution is 7.92. The number of benzene rings is 3. The van der Waals surface area contributed by atoms with Crippen molar-refractivity contribution >= 4 is 44.1 Å². The molecule has 1 aliphatic rings. The number of anilines is 3. The summed E-state index contributed by atoms with van der Waals surface area (Å²) in [7, 11) is -3.89. The molecule has 0 aliphatic carbocycles. The number of aromatic nitrogens is 1. The molecule has 202 valence electrons. The van der Waals surface area contributed by atoms with Gasteiger partial charge in [-0.1, -0.05) is 6.07 Å². The lowest BCUT2D eigenvalue weighted by Gasteiger charge is -2.37. The van der Waals surface area contributed by atoms with E-state index < -0.39 is 16.0 Å². The van der Waals surface area contributed by atoms with Crippen LogP contribution in [0.2, 0.25) is 0 Å². The van der Waals surface area contributed by atoms with Crippen molar-refractivity contribution in [1.82, 2.24) is 4.98 Å². The molecule has 1 aromatic heterocycles. The van der Waals surface area contributed by atoms with Crippen LogP contribution in [0.5, 0.6) is 0 Å². The summed E-state index contributed by atoms with van der Waals surface area (Å²) in [5.41, 5.74) is 4.17. The smallest absolute Gasteiger partial charge is 0.336 e. The van der Waals surface area contributed by atoms with Gasteiger partial charge in [0, 0.05) is 42.9 Å². The highest BCUT2D eigenvalue weighted by Crippen LogP contribution is 2.29. The monoisotopic (exact) mass is 548 g/mol. The molecule has 1 saturated heterocycles. The number of rotatable bonds is 6. The Kier molecular flexibility index (Phi) is 6.90. The van der Waals surface area contributed by atoms with Gasteiger partial charge in [-0.25, -0.2) is 22.6 Å². The molecule has 0 bridgehead atoms. The summed E-state index contributed by atoms with van der Waals surface area (Å²) in [5.74, 6) is -0.869. The van der Waals surface area contributed by atoms with Crippen LogP contribution in [0.3, 0.4) is 0 Å². The topological polar surface area (TPSA) is 103 Å². The summed E-state index contributed by atoms with van der Waals surface area (Å²) in [5, 5.41) is 10.3. The minimum atomic E-state index is -3.89. The van der Waals surface area contributed by atoms with Crippen LogP contribution in [0.1, 0.15) is 27.0 Å². The lowest BCUT2D eigenvalue weighted by atomic mass is 10.1. The van der Waals surface area contributed by atoms with Crippen LogP contribution in [-0.2, 0) is 10.0 Å². The van der Waals surface area contributed by atoms with Gasteiger partial charge in [0.1, 0.15) is 11.6 Å². The van der Waals surface area contributed by atoms with Gasteiger partial charge in [-0.2, -0.15) is 0 Å². The van der Waals surface area contributed by atoms with E-state index in [-0.39, 0.29) is 22.0 Å². The second kappa shape index (κ2) is 10.2. The van der Waals surface area contributed by atoms with Crippen molar-refractivity contribution in [3.63, 3.8) is 0 Å². The highest BCUT2D eigenvalue weighted by atomic mass is 32.2. The van der Waals surface area contributed by atoms with E-state index in [4.69, 9.17) is 4.98 Å². The van der Waals surface area contributed by atoms with Crippen LogP contribution >= 0.6 is 0 Å². The average Bonchev–Trinajstić information content (AvgIpc) is 2.90. The third kappa shape index (κ3) is 5.37. The molecule has 0 amide bonds. The standard InChI is InChI=1S/C29H29FN4O4S/c1-18-14-20(3)27(15-19(18)2)39(37,38)32-22-6-9-26-24(16-22)25(29(35)36)17-28(31-26)34-12-10-33(11-13-34)23-7-4-21(30)5-8-23/h4-9,14-17,32H,10-13H2,1-3H3,(H,35,36). The summed E-state index contributed by atoms with van der Waals surface area (Å²) in [4.78, 5) is 21.3. The maximum Gasteiger partial charge on any atom is 0.336 e. The number of hydrogen-bond donors (Lipinski definition) is 2. The first-order valence-corrected chi connectivity index (χ1v) is 14.0. The number of aromatic carboxylic acids is 1. The van der Waals surface area contributed by atoms with Gasteiger partial charge in [0.25, 0.3) is 10.0 Å². The van der Waals surface area contributed by atoms with Crippen molar-refractivity contribution < 1.29 is 22.7 Å². The number of carboxylic acid groups (broad SMARTS) is 1. The molecule has 0 radical (unpaired) electrons. The lowest BCUT2D eigenvalue weighted by molar-refractivity contribution is 0.0699. The molecule has 5 rings (SSSR count). The molecule has 4 aromatic rings. The Hall–Kier alpha value is -4.18. The SMILES string of the molecule is Cc1cc(C)c(S(=O)(=O)Nc2ccc3nc(N4CCN(c5ccc(F)cc5)CC4)cc(C(=O)O)c3c2)cc1C. The van der Waals surface area contributed by atoms with E-state index in [1.54, 1.807) is 37.3 Å². The van der Waals surface area contributed by atoms with Gasteiger partial charge in [-0.15, -0.1) is 0 Å². The third-order valence-electron chi connectivity index (χ3n) is 7.15. The van der Waals surface area contributed by atoms with Crippen molar-refractivity contribution in [2.45, 2.75) is 25.7 Å². The third-order valence-corrected chi connectivity index (χ3v) is 8.68. The first kappa shape index (κ1) is 26.4. The molecule has 3 aromatic carbocycles. The van der Waals surface area contributed by atoms with Crippen LogP contribution in [-0.4, -0.2) is 50.7 Å². The van der Waals surface area contributed by atoms with E-state index in [2.05, 4.69) is 9.62 Å². The Balaban J connectivity index is 1.41. The normalized spacial score (nSPS) is 14.1. The molecule has 2 heterocycles. The van der Waals surface area contributed by atoms with Crippen molar-refractivity contribution in [3.8, 4) is 0 Å². The number of nitrogens with one attached hydrogen (secondary N) is 1. The molecule has 10 heteroatoms. The molecule has 0 spiro atoms. The number of nitrogens with zero attached hydrogens (tertiary/aromatic N) is 3. The number of aryl methyl sites for hydroxylation is 3. The molecule has 1 aliphatic heterocycles. The van der Waals surface area contributed by atoms with Gasteiger partial charge in [-0.05, 0) is 92.1 Å². The number of carboxylic acids is 1. The van der Waals surface area contributed by atoms with Crippen LogP contribution in [0, 0.1) is 26.6 Å². The van der Waals surface area contributed by atoms with Crippen LogP contribution in [0.4, 0.5) is 21.6 Å². The summed E-state index contributed by atoms with van der Waals surface area (Å²) >= 11 is 0. The van der Waals surface area contributed by atoms with Crippen LogP contribution in [0.15, 0.2) is 65.6 Å². The first-order valence-electron chi connectivity index (χ1n) is 12.6. The molecule has 0 atom stereocenters. The number of carbonyl (C=O) groups is 1. The summed E-state index contributed by atoms with van der Waals surface area (Å²) in [6.45, 7) is 8.10. The largest absolute Gasteiger partial charge is 0.478 e. The van der Waals surface area contributed by atoms with E-state index in [1.165, 1.54) is 24.3 Å². The maximum atomic E-state index is 13.3. The molecular formula is C29H29FN4O4S. The fourth-order valence-corrected chi connectivity index (χ4v) is 6.26. The van der Waals surface area contributed by atoms with E-state index in [9.17, 15) is 22.7 Å². The summed E-state index contributed by atoms with van der Waals surface area (Å²) < 4.78 is 42.2. The molecule has 0 saturated carbocycles. The molecule has 39 heavy (non-hydrogen) atoms. The Bertz CT molecular complexity index is 1680. The predicted octanol–water partition coefficient (Wildman–Crippen LogP) is 5.12. The second-order valence-electron chi connectivity index (χ2n) is 9.82. The molecular weight excluding hydrogens is 519 g/mol. The van der Waals surface area contributed by atoms with Gasteiger partial charge < -0.3 is 14.9 Å². The van der Waals surface area contributed by atoms with E-state index in [0.717, 1.165) is 16.8 Å². The first-order chi connectivity index (χ1) is 18.5. The van der Waals surface area contributed by atoms with Crippen LogP contribution in [0.25, 0.3) is 10.9 Å². The zero-order chi connectivity index (χ0) is 27.9. The van der Waals surface area contributed by atoms with Gasteiger partial charge in [0.15, 0.2) is 0 Å². The minimum absolute atomic E-state index is 0.0411. The number of fused-ring (bicyclic) bond motifs is 1. The van der Waals surface area contributed by atoms with Gasteiger partial charge in [-0.3, -0.25) is 4.72 Å². The van der Waals surface area contributed by atoms with Crippen molar-refractivity contribution in [1.29, 1.82) is 0 Å². The quantitative estimate of drug-likeness (QED) is 0.345. The Morgan fingerprint density at radius 2 is 1.51 bits per heavy atom. The van der Waals surface area contributed by atoms with Crippen molar-refractivity contribution in [2.24, 2.45) is 0 Å². The lowest BCUT2D eigenvalue weighted by Crippen LogP contribution is -2.46. The zero-order valence-corrected chi connectivity index (χ0v) is 22.7. The summed E-state index contributed by atoms with van der Waals surface area (Å²) in [6, 6.07) is 16.1. The van der Waals surface area contributed by atoms with E-state index >= 15 is 0 Å². The summed E-state index contributed by atoms with van der Waals surface area (Å²) in [6.07, 6.45) is 0. The number of pyridine rings is 1. The molecule has 2 N–H and O–H groups in total. The fourth-order valence-electron chi connectivity index (χ4n) is 4.89. The molecule has 1 fully saturated rings. The Morgan fingerprint density at radius 1 is 0.872 bits per heavy atom. The number of halogens is 1. The highest BCUT2D eigenvalue weighted by Gasteiger charge is 2.23. The molecule has 8 nitrogen and oxygen atoms in total. The maximum absolute atomic E-state index is 13.3. The second-order valence-corrected chi connectivity index (χ2v) is 11.5. The van der Waals surface area contributed by atoms with Crippen molar-refractivity contribution in [2.75, 3.05) is 40.7 Å². The predicted molar refractivity (Wildman–Crippen MR) is 151 cm³/mol. The van der Waals surface area contributed by atoms with E-state index in [0.29, 0.717) is 48.5 Å². The van der Waals surface area contributed by atoms with E-state index in [1.807, 2.05) is 24.8 Å². The number of sulfonamides is 1. The Morgan fingerprint density at radius 3 is 2.18 bits per heavy atom. The van der Waals surface area contributed by atoms with Crippen molar-refractivity contribution in [3.05, 3.63) is 88.7 Å². The molecule has 0 unspecified atom stereocenters. The number of piperazine rings is 1. The number of hydrogen-bond acceptors (Lipinski definition) is 6. The Labute approximate surface area is 226 Å². The minimum Gasteiger partial charge on any atom is -0.478 e. The van der Waals surface area contributed by atoms with Gasteiger partial charge >= 0.3 is 5.97 Å². The van der Waals surface area contributed by atoms with Crippen LogP contribution < -0.4 is 14.5 Å². The average molecular weight is 549 g/mol. The fraction of sp³-hybridized carbons (Fsp3) is 0.241. The van der Waals surface area contributed by atoms with Gasteiger partial charge in [0.05, 0.1) is 16.0 Å². The van der Waals surface area contributed by atoms with Gasteiger partial charge in [0.2, 0.25) is 0 Å². The zero-order valence-electron chi connectivity index (χ0n) is 21.9.